The number of phenols is 1. The average molecular weight is 447 g/mol. The maximum absolute atomic E-state index is 12.4. The number of carbonyl (C=O) groups is 1. The number of aromatic hydroxyl groups is 1. The summed E-state index contributed by atoms with van der Waals surface area (Å²) in [5, 5.41) is 23.2. The summed E-state index contributed by atoms with van der Waals surface area (Å²) < 4.78 is 5.36. The lowest BCUT2D eigenvalue weighted by atomic mass is 10.1. The van der Waals surface area contributed by atoms with Gasteiger partial charge in [-0.2, -0.15) is 5.10 Å². The van der Waals surface area contributed by atoms with Gasteiger partial charge in [0.05, 0.1) is 11.2 Å². The largest absolute Gasteiger partial charge is 0.507 e. The van der Waals surface area contributed by atoms with Crippen LogP contribution in [-0.4, -0.2) is 30.3 Å². The maximum Gasteiger partial charge on any atom is 0.276 e. The number of nitrogens with one attached hydrogen (secondary N) is 2. The Labute approximate surface area is 183 Å². The Morgan fingerprint density at radius 1 is 1.23 bits per heavy atom. The third-order valence-electron chi connectivity index (χ3n) is 4.54. The number of fused-ring (bicyclic) bond motifs is 1. The molecule has 0 aliphatic carbocycles. The van der Waals surface area contributed by atoms with Gasteiger partial charge in [-0.15, -0.1) is 0 Å². The minimum absolute atomic E-state index is 0.0286. The van der Waals surface area contributed by atoms with Crippen LogP contribution in [0.2, 0.25) is 10.0 Å². The maximum atomic E-state index is 12.4. The van der Waals surface area contributed by atoms with E-state index in [0.29, 0.717) is 16.0 Å². The van der Waals surface area contributed by atoms with Gasteiger partial charge in [0.25, 0.3) is 5.91 Å². The molecule has 0 saturated carbocycles. The van der Waals surface area contributed by atoms with Crippen molar-refractivity contribution in [1.29, 1.82) is 5.41 Å². The SMILES string of the molecule is CCN(CC)c1ccc(C=NNC(=O)c2cc3cc(Cl)cc(Cl)c3oc2=N)c(O)c1. The molecule has 7 nitrogen and oxygen atoms in total. The van der Waals surface area contributed by atoms with Gasteiger partial charge in [0.2, 0.25) is 5.55 Å². The predicted molar refractivity (Wildman–Crippen MR) is 119 cm³/mol. The van der Waals surface area contributed by atoms with Crippen molar-refractivity contribution < 1.29 is 14.3 Å². The highest BCUT2D eigenvalue weighted by molar-refractivity contribution is 6.38. The highest BCUT2D eigenvalue weighted by Crippen LogP contribution is 2.27. The number of hydrogen-bond acceptors (Lipinski definition) is 6. The molecule has 1 amide bonds. The fraction of sp³-hybridized carbons (Fsp3) is 0.190. The van der Waals surface area contributed by atoms with Crippen LogP contribution >= 0.6 is 23.2 Å². The van der Waals surface area contributed by atoms with Crippen LogP contribution < -0.4 is 15.9 Å². The van der Waals surface area contributed by atoms with Gasteiger partial charge >= 0.3 is 0 Å². The van der Waals surface area contributed by atoms with E-state index in [2.05, 4.69) is 15.4 Å². The van der Waals surface area contributed by atoms with Crippen LogP contribution in [0.4, 0.5) is 5.69 Å². The fourth-order valence-electron chi connectivity index (χ4n) is 2.99. The van der Waals surface area contributed by atoms with Gasteiger partial charge in [-0.05, 0) is 44.2 Å². The Bertz CT molecular complexity index is 1190. The quantitative estimate of drug-likeness (QED) is 0.382. The van der Waals surface area contributed by atoms with Gasteiger partial charge in [0.15, 0.2) is 5.58 Å². The number of anilines is 1. The fourth-order valence-corrected chi connectivity index (χ4v) is 3.54. The molecule has 3 N–H and O–H groups in total. The molecule has 3 rings (SSSR count). The number of nitrogens with zero attached hydrogens (tertiary/aromatic N) is 2. The standard InChI is InChI=1S/C21H20Cl2N4O3/c1-3-27(4-2)15-6-5-12(18(28)10-15)11-25-26-21(29)16-8-13-7-14(22)9-17(23)19(13)30-20(16)24/h5-11,24,28H,3-4H2,1-2H3,(H,26,29). The predicted octanol–water partition coefficient (Wildman–Crippen LogP) is 4.53. The highest BCUT2D eigenvalue weighted by Gasteiger charge is 2.13. The molecule has 156 valence electrons. The first-order valence-corrected chi connectivity index (χ1v) is 9.98. The molecule has 1 heterocycles. The lowest BCUT2D eigenvalue weighted by Gasteiger charge is -2.21. The molecule has 0 spiro atoms. The molecule has 0 radical (unpaired) electrons. The first-order valence-electron chi connectivity index (χ1n) is 9.22. The highest BCUT2D eigenvalue weighted by atomic mass is 35.5. The summed E-state index contributed by atoms with van der Waals surface area (Å²) in [5.41, 5.74) is 3.56. The summed E-state index contributed by atoms with van der Waals surface area (Å²) in [6, 6.07) is 9.77. The van der Waals surface area contributed by atoms with Crippen molar-refractivity contribution in [3.8, 4) is 5.75 Å². The smallest absolute Gasteiger partial charge is 0.276 e. The van der Waals surface area contributed by atoms with E-state index in [9.17, 15) is 9.90 Å². The molecule has 0 atom stereocenters. The molecular weight excluding hydrogens is 427 g/mol. The number of carbonyl (C=O) groups excluding carboxylic acids is 1. The van der Waals surface area contributed by atoms with Crippen molar-refractivity contribution in [3.63, 3.8) is 0 Å². The Kier molecular flexibility index (Phi) is 6.64. The van der Waals surface area contributed by atoms with E-state index in [0.717, 1.165) is 18.8 Å². The molecule has 0 aliphatic rings. The lowest BCUT2D eigenvalue weighted by molar-refractivity contribution is 0.0951. The summed E-state index contributed by atoms with van der Waals surface area (Å²) in [6.45, 7) is 5.71. The van der Waals surface area contributed by atoms with Crippen molar-refractivity contribution >= 4 is 52.0 Å². The summed E-state index contributed by atoms with van der Waals surface area (Å²) in [6.07, 6.45) is 1.33. The van der Waals surface area contributed by atoms with Crippen molar-refractivity contribution in [3.05, 3.63) is 63.1 Å². The van der Waals surface area contributed by atoms with Crippen LogP contribution in [0.3, 0.4) is 0 Å². The number of halogens is 2. The number of benzene rings is 2. The van der Waals surface area contributed by atoms with Gasteiger partial charge in [-0.1, -0.05) is 23.2 Å². The second-order valence-corrected chi connectivity index (χ2v) is 7.25. The zero-order valence-electron chi connectivity index (χ0n) is 16.4. The van der Waals surface area contributed by atoms with E-state index < -0.39 is 5.91 Å². The van der Waals surface area contributed by atoms with Gasteiger partial charge in [0.1, 0.15) is 11.3 Å². The summed E-state index contributed by atoms with van der Waals surface area (Å²) in [7, 11) is 0. The summed E-state index contributed by atoms with van der Waals surface area (Å²) >= 11 is 12.1. The van der Waals surface area contributed by atoms with E-state index in [1.807, 2.05) is 19.9 Å². The third-order valence-corrected chi connectivity index (χ3v) is 5.04. The van der Waals surface area contributed by atoms with Crippen molar-refractivity contribution in [1.82, 2.24) is 5.43 Å². The van der Waals surface area contributed by atoms with Gasteiger partial charge in [-0.3, -0.25) is 10.2 Å². The minimum atomic E-state index is -0.641. The zero-order valence-corrected chi connectivity index (χ0v) is 17.9. The first-order chi connectivity index (χ1) is 14.3. The molecule has 9 heteroatoms. The molecule has 3 aromatic rings. The van der Waals surface area contributed by atoms with Crippen LogP contribution in [0.5, 0.6) is 5.75 Å². The molecule has 1 aromatic heterocycles. The number of hydrogen-bond donors (Lipinski definition) is 3. The number of hydrazone groups is 1. The van der Waals surface area contributed by atoms with Gasteiger partial charge in [-0.25, -0.2) is 5.43 Å². The number of rotatable bonds is 6. The monoisotopic (exact) mass is 446 g/mol. The Balaban J connectivity index is 1.79. The molecule has 0 saturated heterocycles. The second kappa shape index (κ2) is 9.19. The lowest BCUT2D eigenvalue weighted by Crippen LogP contribution is -2.24. The van der Waals surface area contributed by atoms with E-state index in [-0.39, 0.29) is 27.5 Å². The van der Waals surface area contributed by atoms with Crippen molar-refractivity contribution in [2.45, 2.75) is 13.8 Å². The minimum Gasteiger partial charge on any atom is -0.507 e. The van der Waals surface area contributed by atoms with Crippen LogP contribution in [-0.2, 0) is 0 Å². The molecule has 2 aromatic carbocycles. The second-order valence-electron chi connectivity index (χ2n) is 6.41. The van der Waals surface area contributed by atoms with Crippen LogP contribution in [0.25, 0.3) is 11.0 Å². The van der Waals surface area contributed by atoms with E-state index in [1.54, 1.807) is 18.2 Å². The molecule has 30 heavy (non-hydrogen) atoms. The van der Waals surface area contributed by atoms with Crippen LogP contribution in [0.15, 0.2) is 45.9 Å². The van der Waals surface area contributed by atoms with E-state index >= 15 is 0 Å². The van der Waals surface area contributed by atoms with Gasteiger partial charge in [0, 0.05) is 40.8 Å². The Morgan fingerprint density at radius 2 is 1.97 bits per heavy atom. The van der Waals surface area contributed by atoms with Crippen LogP contribution in [0.1, 0.15) is 29.8 Å². The van der Waals surface area contributed by atoms with E-state index in [1.165, 1.54) is 18.3 Å². The number of phenolic OH excluding ortho intramolecular Hbond substituents is 1. The molecule has 0 aliphatic heterocycles. The third kappa shape index (κ3) is 4.58. The molecule has 0 bridgehead atoms. The van der Waals surface area contributed by atoms with Crippen molar-refractivity contribution in [2.75, 3.05) is 18.0 Å². The summed E-state index contributed by atoms with van der Waals surface area (Å²) in [5.74, 6) is -0.596. The summed E-state index contributed by atoms with van der Waals surface area (Å²) in [4.78, 5) is 14.5. The molecule has 0 fully saturated rings. The molecular formula is C21H20Cl2N4O3. The molecule has 0 unspecified atom stereocenters. The van der Waals surface area contributed by atoms with Gasteiger partial charge < -0.3 is 14.4 Å². The van der Waals surface area contributed by atoms with Crippen molar-refractivity contribution in [2.24, 2.45) is 5.10 Å². The Hall–Kier alpha value is -3.03. The van der Waals surface area contributed by atoms with E-state index in [4.69, 9.17) is 33.0 Å². The first kappa shape index (κ1) is 21.7. The van der Waals surface area contributed by atoms with Crippen LogP contribution in [0, 0.1) is 5.41 Å². The Morgan fingerprint density at radius 3 is 2.63 bits per heavy atom. The number of amides is 1. The average Bonchev–Trinajstić information content (AvgIpc) is 2.70. The topological polar surface area (TPSA) is 102 Å². The zero-order chi connectivity index (χ0) is 21.8. The normalized spacial score (nSPS) is 11.2.